The van der Waals surface area contributed by atoms with Crippen LogP contribution in [-0.4, -0.2) is 44.6 Å². The second-order valence-electron chi connectivity index (χ2n) is 7.98. The van der Waals surface area contributed by atoms with E-state index >= 15 is 0 Å². The molecule has 0 aliphatic heterocycles. The first-order valence-electron chi connectivity index (χ1n) is 10.1. The molecular formula is C24H32O7. The largest absolute Gasteiger partial charge is 0.496 e. The van der Waals surface area contributed by atoms with Crippen molar-refractivity contribution in [2.24, 2.45) is 0 Å². The number of carbonyl (C=O) groups excluding carboxylic acids is 1. The Hall–Kier alpha value is -2.93. The molecule has 0 heterocycles. The maximum Gasteiger partial charge on any atom is 0.344 e. The van der Waals surface area contributed by atoms with Crippen LogP contribution in [0.2, 0.25) is 0 Å². The van der Waals surface area contributed by atoms with Crippen molar-refractivity contribution < 1.29 is 33.6 Å². The van der Waals surface area contributed by atoms with Crippen molar-refractivity contribution in [3.05, 3.63) is 47.5 Å². The highest BCUT2D eigenvalue weighted by molar-refractivity contribution is 5.71. The van der Waals surface area contributed by atoms with E-state index in [1.807, 2.05) is 12.1 Å². The number of esters is 1. The zero-order valence-corrected chi connectivity index (χ0v) is 19.1. The SMILES string of the molecule is COc1ccc(OC)c(OC)c1CCC(O)c1cccc(OCC(=O)OC(C)(C)C)c1. The van der Waals surface area contributed by atoms with Crippen LogP contribution in [-0.2, 0) is 16.0 Å². The minimum atomic E-state index is -0.745. The molecule has 0 fully saturated rings. The second kappa shape index (κ2) is 10.9. The average molecular weight is 433 g/mol. The Kier molecular flexibility index (Phi) is 8.56. The van der Waals surface area contributed by atoms with Crippen molar-refractivity contribution in [2.45, 2.75) is 45.3 Å². The first-order valence-corrected chi connectivity index (χ1v) is 10.1. The van der Waals surface area contributed by atoms with Crippen LogP contribution in [0.1, 0.15) is 44.4 Å². The topological polar surface area (TPSA) is 83.5 Å². The molecule has 0 aliphatic rings. The summed E-state index contributed by atoms with van der Waals surface area (Å²) in [6, 6.07) is 10.6. The first kappa shape index (κ1) is 24.3. The zero-order chi connectivity index (χ0) is 23.0. The molecule has 0 aliphatic carbocycles. The lowest BCUT2D eigenvalue weighted by molar-refractivity contribution is -0.157. The number of ether oxygens (including phenoxy) is 5. The molecule has 0 aromatic heterocycles. The molecular weight excluding hydrogens is 400 g/mol. The Morgan fingerprint density at radius 2 is 1.68 bits per heavy atom. The molecule has 7 nitrogen and oxygen atoms in total. The van der Waals surface area contributed by atoms with Gasteiger partial charge in [0.1, 0.15) is 17.1 Å². The minimum absolute atomic E-state index is 0.199. The third-order valence-electron chi connectivity index (χ3n) is 4.51. The van der Waals surface area contributed by atoms with Crippen molar-refractivity contribution in [1.82, 2.24) is 0 Å². The van der Waals surface area contributed by atoms with Gasteiger partial charge in [0.25, 0.3) is 0 Å². The lowest BCUT2D eigenvalue weighted by Gasteiger charge is -2.20. The van der Waals surface area contributed by atoms with Gasteiger partial charge in [0.15, 0.2) is 18.1 Å². The van der Waals surface area contributed by atoms with E-state index in [-0.39, 0.29) is 6.61 Å². The van der Waals surface area contributed by atoms with Crippen LogP contribution < -0.4 is 18.9 Å². The number of hydrogen-bond acceptors (Lipinski definition) is 7. The number of rotatable bonds is 10. The van der Waals surface area contributed by atoms with Gasteiger partial charge in [0.05, 0.1) is 27.4 Å². The minimum Gasteiger partial charge on any atom is -0.496 e. The van der Waals surface area contributed by atoms with E-state index in [2.05, 4.69) is 0 Å². The Morgan fingerprint density at radius 3 is 2.29 bits per heavy atom. The molecule has 170 valence electrons. The lowest BCUT2D eigenvalue weighted by atomic mass is 9.99. The molecule has 31 heavy (non-hydrogen) atoms. The van der Waals surface area contributed by atoms with Crippen LogP contribution in [0.15, 0.2) is 36.4 Å². The van der Waals surface area contributed by atoms with Crippen molar-refractivity contribution >= 4 is 5.97 Å². The highest BCUT2D eigenvalue weighted by atomic mass is 16.6. The van der Waals surface area contributed by atoms with E-state index in [1.165, 1.54) is 0 Å². The summed E-state index contributed by atoms with van der Waals surface area (Å²) in [5.41, 5.74) is 0.934. The van der Waals surface area contributed by atoms with Crippen molar-refractivity contribution in [2.75, 3.05) is 27.9 Å². The molecule has 0 amide bonds. The highest BCUT2D eigenvalue weighted by Gasteiger charge is 2.19. The van der Waals surface area contributed by atoms with Crippen LogP contribution in [0.25, 0.3) is 0 Å². The molecule has 1 unspecified atom stereocenters. The first-order chi connectivity index (χ1) is 14.7. The van der Waals surface area contributed by atoms with Gasteiger partial charge in [-0.2, -0.15) is 0 Å². The normalized spacial score (nSPS) is 12.1. The van der Waals surface area contributed by atoms with Crippen LogP contribution >= 0.6 is 0 Å². The smallest absolute Gasteiger partial charge is 0.344 e. The fourth-order valence-corrected chi connectivity index (χ4v) is 3.17. The van der Waals surface area contributed by atoms with E-state index in [0.29, 0.717) is 41.4 Å². The van der Waals surface area contributed by atoms with Crippen LogP contribution in [0.4, 0.5) is 0 Å². The molecule has 7 heteroatoms. The molecule has 2 aromatic carbocycles. The van der Waals surface area contributed by atoms with Crippen molar-refractivity contribution in [1.29, 1.82) is 0 Å². The van der Waals surface area contributed by atoms with Crippen LogP contribution in [0, 0.1) is 0 Å². The summed E-state index contributed by atoms with van der Waals surface area (Å²) in [6.07, 6.45) is 0.189. The van der Waals surface area contributed by atoms with E-state index in [4.69, 9.17) is 23.7 Å². The van der Waals surface area contributed by atoms with E-state index in [1.54, 1.807) is 66.4 Å². The van der Waals surface area contributed by atoms with Gasteiger partial charge in [-0.3, -0.25) is 0 Å². The molecule has 1 N–H and O–H groups in total. The molecule has 0 spiro atoms. The van der Waals surface area contributed by atoms with Gasteiger partial charge < -0.3 is 28.8 Å². The van der Waals surface area contributed by atoms with Gasteiger partial charge in [0, 0.05) is 5.56 Å². The van der Waals surface area contributed by atoms with Crippen molar-refractivity contribution in [3.8, 4) is 23.0 Å². The van der Waals surface area contributed by atoms with Crippen LogP contribution in [0.3, 0.4) is 0 Å². The third-order valence-corrected chi connectivity index (χ3v) is 4.51. The summed E-state index contributed by atoms with van der Waals surface area (Å²) in [7, 11) is 4.74. The molecule has 0 saturated carbocycles. The third kappa shape index (κ3) is 7.07. The number of benzene rings is 2. The summed E-state index contributed by atoms with van der Waals surface area (Å²) in [5, 5.41) is 10.7. The summed E-state index contributed by atoms with van der Waals surface area (Å²) < 4.78 is 27.1. The predicted octanol–water partition coefficient (Wildman–Crippen LogP) is 4.10. The second-order valence-corrected chi connectivity index (χ2v) is 7.98. The van der Waals surface area contributed by atoms with Crippen molar-refractivity contribution in [3.63, 3.8) is 0 Å². The maximum absolute atomic E-state index is 11.9. The van der Waals surface area contributed by atoms with E-state index < -0.39 is 17.7 Å². The summed E-state index contributed by atoms with van der Waals surface area (Å²) in [4.78, 5) is 11.9. The highest BCUT2D eigenvalue weighted by Crippen LogP contribution is 2.39. The molecule has 0 radical (unpaired) electrons. The standard InChI is InChI=1S/C24H32O7/c1-24(2,3)31-22(26)15-30-17-9-7-8-16(14-17)19(25)11-10-18-20(27-4)12-13-21(28-5)23(18)29-6/h7-9,12-14,19,25H,10-11,15H2,1-6H3. The molecule has 2 aromatic rings. The Morgan fingerprint density at radius 1 is 1.00 bits per heavy atom. The Bertz CT molecular complexity index is 871. The number of hydrogen-bond donors (Lipinski definition) is 1. The van der Waals surface area contributed by atoms with Crippen LogP contribution in [0.5, 0.6) is 23.0 Å². The summed E-state index contributed by atoms with van der Waals surface area (Å²) in [5.74, 6) is 1.89. The van der Waals surface area contributed by atoms with Gasteiger partial charge in [-0.05, 0) is 63.4 Å². The van der Waals surface area contributed by atoms with Gasteiger partial charge in [-0.15, -0.1) is 0 Å². The van der Waals surface area contributed by atoms with Gasteiger partial charge in [0.2, 0.25) is 0 Å². The summed E-state index contributed by atoms with van der Waals surface area (Å²) in [6.45, 7) is 5.20. The number of methoxy groups -OCH3 is 3. The zero-order valence-electron chi connectivity index (χ0n) is 19.1. The quantitative estimate of drug-likeness (QED) is 0.566. The predicted molar refractivity (Wildman–Crippen MR) is 117 cm³/mol. The summed E-state index contributed by atoms with van der Waals surface area (Å²) >= 11 is 0. The average Bonchev–Trinajstić information content (AvgIpc) is 2.74. The fraction of sp³-hybridized carbons (Fsp3) is 0.458. The van der Waals surface area contributed by atoms with Gasteiger partial charge in [-0.1, -0.05) is 12.1 Å². The number of aliphatic hydroxyl groups is 1. The molecule has 1 atom stereocenters. The molecule has 0 bridgehead atoms. The van der Waals surface area contributed by atoms with E-state index in [0.717, 1.165) is 5.56 Å². The van der Waals surface area contributed by atoms with Gasteiger partial charge >= 0.3 is 5.97 Å². The monoisotopic (exact) mass is 432 g/mol. The molecule has 0 saturated heterocycles. The number of carbonyl (C=O) groups is 1. The Balaban J connectivity index is 2.06. The van der Waals surface area contributed by atoms with E-state index in [9.17, 15) is 9.90 Å². The molecule has 2 rings (SSSR count). The lowest BCUT2D eigenvalue weighted by Crippen LogP contribution is -2.27. The number of aliphatic hydroxyl groups excluding tert-OH is 1. The maximum atomic E-state index is 11.9. The Labute approximate surface area is 183 Å². The fourth-order valence-electron chi connectivity index (χ4n) is 3.17. The van der Waals surface area contributed by atoms with Gasteiger partial charge in [-0.25, -0.2) is 4.79 Å².